The molecular formula is C19H28ClN3O2. The van der Waals surface area contributed by atoms with Gasteiger partial charge in [0.15, 0.2) is 0 Å². The molecule has 2 unspecified atom stereocenters. The second-order valence-electron chi connectivity index (χ2n) is 7.29. The van der Waals surface area contributed by atoms with Crippen molar-refractivity contribution in [3.63, 3.8) is 0 Å². The number of hydrogen-bond acceptors (Lipinski definition) is 3. The fourth-order valence-electron chi connectivity index (χ4n) is 4.01. The Bertz CT molecular complexity index is 648. The van der Waals surface area contributed by atoms with Crippen molar-refractivity contribution in [2.45, 2.75) is 58.0 Å². The van der Waals surface area contributed by atoms with Crippen LogP contribution in [0.5, 0.6) is 0 Å². The molecule has 0 radical (unpaired) electrons. The van der Waals surface area contributed by atoms with E-state index in [1.165, 1.54) is 11.1 Å². The highest BCUT2D eigenvalue weighted by Gasteiger charge is 2.36. The summed E-state index contributed by atoms with van der Waals surface area (Å²) in [4.78, 5) is 26.8. The highest BCUT2D eigenvalue weighted by molar-refractivity contribution is 5.89. The number of anilines is 1. The number of carbonyl (C=O) groups is 2. The molecule has 1 aromatic carbocycles. The number of nitrogens with zero attached hydrogens (tertiary/aromatic N) is 1. The Kier molecular flexibility index (Phi) is 6.33. The Balaban J connectivity index is 0.00000225. The van der Waals surface area contributed by atoms with Crippen LogP contribution in [-0.2, 0) is 16.0 Å². The molecule has 1 saturated heterocycles. The Morgan fingerprint density at radius 1 is 1.28 bits per heavy atom. The largest absolute Gasteiger partial charge is 0.399 e. The van der Waals surface area contributed by atoms with Crippen LogP contribution >= 0.6 is 12.4 Å². The van der Waals surface area contributed by atoms with Crippen LogP contribution in [0.25, 0.3) is 0 Å². The van der Waals surface area contributed by atoms with Gasteiger partial charge in [0.25, 0.3) is 0 Å². The van der Waals surface area contributed by atoms with Gasteiger partial charge in [0.2, 0.25) is 11.8 Å². The van der Waals surface area contributed by atoms with Crippen LogP contribution in [0.2, 0.25) is 0 Å². The minimum atomic E-state index is -0.376. The van der Waals surface area contributed by atoms with Gasteiger partial charge in [-0.15, -0.1) is 12.4 Å². The van der Waals surface area contributed by atoms with Gasteiger partial charge in [0, 0.05) is 18.7 Å². The first kappa shape index (κ1) is 19.6. The maximum Gasteiger partial charge on any atom is 0.243 e. The van der Waals surface area contributed by atoms with Crippen molar-refractivity contribution in [2.75, 3.05) is 12.3 Å². The maximum absolute atomic E-state index is 12.9. The molecule has 1 heterocycles. The van der Waals surface area contributed by atoms with E-state index in [-0.39, 0.29) is 42.2 Å². The van der Waals surface area contributed by atoms with E-state index in [2.05, 4.69) is 5.32 Å². The normalized spacial score (nSPS) is 20.8. The third-order valence-electron chi connectivity index (χ3n) is 5.14. The van der Waals surface area contributed by atoms with Crippen LogP contribution in [-0.4, -0.2) is 29.3 Å². The fraction of sp³-hybridized carbons (Fsp3) is 0.579. The predicted molar refractivity (Wildman–Crippen MR) is 101 cm³/mol. The molecule has 2 amide bonds. The van der Waals surface area contributed by atoms with Crippen molar-refractivity contribution in [3.8, 4) is 0 Å². The molecule has 0 spiro atoms. The highest BCUT2D eigenvalue weighted by atomic mass is 35.5. The third kappa shape index (κ3) is 4.09. The summed E-state index contributed by atoms with van der Waals surface area (Å²) >= 11 is 0. The lowest BCUT2D eigenvalue weighted by molar-refractivity contribution is -0.139. The average molecular weight is 366 g/mol. The van der Waals surface area contributed by atoms with Gasteiger partial charge in [0.1, 0.15) is 6.04 Å². The number of aryl methyl sites for hydroxylation is 1. The SMILES string of the molecule is CC(C)C(C(=O)NC1CCCc2cc(N)ccc21)N1CCCC1=O.Cl. The zero-order valence-electron chi connectivity index (χ0n) is 15.0. The van der Waals surface area contributed by atoms with Crippen LogP contribution < -0.4 is 11.1 Å². The molecular weight excluding hydrogens is 338 g/mol. The number of nitrogen functional groups attached to an aromatic ring is 1. The van der Waals surface area contributed by atoms with Crippen molar-refractivity contribution >= 4 is 29.9 Å². The number of nitrogens with two attached hydrogens (primary N) is 1. The summed E-state index contributed by atoms with van der Waals surface area (Å²) in [5.74, 6) is 0.164. The maximum atomic E-state index is 12.9. The molecule has 138 valence electrons. The molecule has 6 heteroatoms. The van der Waals surface area contributed by atoms with Crippen LogP contribution in [0.1, 0.15) is 56.7 Å². The van der Waals surface area contributed by atoms with Gasteiger partial charge in [-0.2, -0.15) is 0 Å². The van der Waals surface area contributed by atoms with E-state index in [0.717, 1.165) is 31.4 Å². The number of halogens is 1. The van der Waals surface area contributed by atoms with E-state index in [1.807, 2.05) is 32.0 Å². The van der Waals surface area contributed by atoms with E-state index >= 15 is 0 Å². The van der Waals surface area contributed by atoms with Gasteiger partial charge >= 0.3 is 0 Å². The second kappa shape index (κ2) is 8.09. The lowest BCUT2D eigenvalue weighted by atomic mass is 9.87. The number of likely N-dealkylation sites (tertiary alicyclic amines) is 1. The molecule has 1 aromatic rings. The Hall–Kier alpha value is -1.75. The molecule has 3 N–H and O–H groups in total. The number of fused-ring (bicyclic) bond motifs is 1. The Morgan fingerprint density at radius 3 is 2.68 bits per heavy atom. The number of carbonyl (C=O) groups excluding carboxylic acids is 2. The van der Waals surface area contributed by atoms with Crippen molar-refractivity contribution in [2.24, 2.45) is 5.92 Å². The molecule has 3 rings (SSSR count). The summed E-state index contributed by atoms with van der Waals surface area (Å²) in [5, 5.41) is 3.20. The average Bonchev–Trinajstić information content (AvgIpc) is 2.93. The second-order valence-corrected chi connectivity index (χ2v) is 7.29. The summed E-state index contributed by atoms with van der Waals surface area (Å²) < 4.78 is 0. The summed E-state index contributed by atoms with van der Waals surface area (Å²) in [6.07, 6.45) is 4.38. The number of amides is 2. The molecule has 0 saturated carbocycles. The van der Waals surface area contributed by atoms with E-state index in [9.17, 15) is 9.59 Å². The van der Waals surface area contributed by atoms with Crippen molar-refractivity contribution in [3.05, 3.63) is 29.3 Å². The minimum Gasteiger partial charge on any atom is -0.399 e. The van der Waals surface area contributed by atoms with Gasteiger partial charge in [-0.05, 0) is 54.9 Å². The summed E-state index contributed by atoms with van der Waals surface area (Å²) in [7, 11) is 0. The quantitative estimate of drug-likeness (QED) is 0.805. The van der Waals surface area contributed by atoms with Gasteiger partial charge in [-0.1, -0.05) is 19.9 Å². The van der Waals surface area contributed by atoms with Gasteiger partial charge in [-0.3, -0.25) is 9.59 Å². The van der Waals surface area contributed by atoms with Crippen LogP contribution in [0.15, 0.2) is 18.2 Å². The lowest BCUT2D eigenvalue weighted by Crippen LogP contribution is -2.51. The van der Waals surface area contributed by atoms with Gasteiger partial charge in [0.05, 0.1) is 6.04 Å². The molecule has 5 nitrogen and oxygen atoms in total. The first-order valence-corrected chi connectivity index (χ1v) is 8.95. The third-order valence-corrected chi connectivity index (χ3v) is 5.14. The molecule has 25 heavy (non-hydrogen) atoms. The van der Waals surface area contributed by atoms with Crippen LogP contribution in [0, 0.1) is 5.92 Å². The number of hydrogen-bond donors (Lipinski definition) is 2. The van der Waals surface area contributed by atoms with Crippen LogP contribution in [0.4, 0.5) is 5.69 Å². The lowest BCUT2D eigenvalue weighted by Gasteiger charge is -2.33. The van der Waals surface area contributed by atoms with Gasteiger partial charge < -0.3 is 16.0 Å². The predicted octanol–water partition coefficient (Wildman–Crippen LogP) is 2.83. The van der Waals surface area contributed by atoms with E-state index < -0.39 is 0 Å². The minimum absolute atomic E-state index is 0. The molecule has 0 aromatic heterocycles. The Morgan fingerprint density at radius 2 is 2.04 bits per heavy atom. The topological polar surface area (TPSA) is 75.4 Å². The molecule has 2 atom stereocenters. The number of rotatable bonds is 4. The fourth-order valence-corrected chi connectivity index (χ4v) is 4.01. The summed E-state index contributed by atoms with van der Waals surface area (Å²) in [6, 6.07) is 5.57. The summed E-state index contributed by atoms with van der Waals surface area (Å²) in [6.45, 7) is 4.70. The van der Waals surface area contributed by atoms with E-state index in [4.69, 9.17) is 5.73 Å². The molecule has 1 fully saturated rings. The smallest absolute Gasteiger partial charge is 0.243 e. The van der Waals surface area contributed by atoms with Gasteiger partial charge in [-0.25, -0.2) is 0 Å². The Labute approximate surface area is 155 Å². The summed E-state index contributed by atoms with van der Waals surface area (Å²) in [5.41, 5.74) is 9.04. The molecule has 2 aliphatic rings. The van der Waals surface area contributed by atoms with E-state index in [1.54, 1.807) is 4.90 Å². The number of benzene rings is 1. The molecule has 0 bridgehead atoms. The van der Waals surface area contributed by atoms with E-state index in [0.29, 0.717) is 13.0 Å². The van der Waals surface area contributed by atoms with Crippen molar-refractivity contribution in [1.29, 1.82) is 0 Å². The van der Waals surface area contributed by atoms with Crippen molar-refractivity contribution < 1.29 is 9.59 Å². The van der Waals surface area contributed by atoms with Crippen molar-refractivity contribution in [1.82, 2.24) is 10.2 Å². The highest BCUT2D eigenvalue weighted by Crippen LogP contribution is 2.31. The number of nitrogens with one attached hydrogen (secondary N) is 1. The standard InChI is InChI=1S/C19H27N3O2.ClH/c1-12(2)18(22-10-4-7-17(22)23)19(24)21-16-6-3-5-13-11-14(20)8-9-15(13)16;/h8-9,11-12,16,18H,3-7,10,20H2,1-2H3,(H,21,24);1H. The van der Waals surface area contributed by atoms with Crippen LogP contribution in [0.3, 0.4) is 0 Å². The zero-order valence-corrected chi connectivity index (χ0v) is 15.8. The first-order chi connectivity index (χ1) is 11.5. The molecule has 1 aliphatic carbocycles. The first-order valence-electron chi connectivity index (χ1n) is 8.95. The monoisotopic (exact) mass is 365 g/mol. The molecule has 1 aliphatic heterocycles. The zero-order chi connectivity index (χ0) is 17.3.